The monoisotopic (exact) mass is 253 g/mol. The molecule has 100 valence electrons. The third-order valence-corrected chi connectivity index (χ3v) is 3.37. The molecule has 18 heavy (non-hydrogen) atoms. The fourth-order valence-electron chi connectivity index (χ4n) is 1.75. The molecule has 4 heteroatoms. The summed E-state index contributed by atoms with van der Waals surface area (Å²) in [5.74, 6) is -0.931. The van der Waals surface area contributed by atoms with Gasteiger partial charge in [-0.25, -0.2) is 9.18 Å². The molecule has 0 saturated carbocycles. The van der Waals surface area contributed by atoms with Gasteiger partial charge in [-0.15, -0.1) is 0 Å². The van der Waals surface area contributed by atoms with Crippen LogP contribution in [-0.4, -0.2) is 29.1 Å². The van der Waals surface area contributed by atoms with Gasteiger partial charge >= 0.3 is 5.97 Å². The average Bonchev–Trinajstić information content (AvgIpc) is 2.30. The van der Waals surface area contributed by atoms with Crippen LogP contribution in [-0.2, 0) is 6.54 Å². The molecule has 0 aliphatic heterocycles. The Balaban J connectivity index is 2.89. The molecule has 0 fully saturated rings. The van der Waals surface area contributed by atoms with Crippen LogP contribution in [0.5, 0.6) is 0 Å². The molecule has 0 spiro atoms. The minimum absolute atomic E-state index is 0.122. The van der Waals surface area contributed by atoms with E-state index in [9.17, 15) is 9.18 Å². The predicted molar refractivity (Wildman–Crippen MR) is 69.1 cm³/mol. The van der Waals surface area contributed by atoms with Gasteiger partial charge in [0.25, 0.3) is 0 Å². The molecule has 1 aromatic carbocycles. The quantitative estimate of drug-likeness (QED) is 0.877. The molecule has 1 N–H and O–H groups in total. The van der Waals surface area contributed by atoms with E-state index in [1.165, 1.54) is 18.2 Å². The maximum atomic E-state index is 13.6. The number of carboxylic acid groups (broad SMARTS) is 1. The van der Waals surface area contributed by atoms with Gasteiger partial charge in [-0.2, -0.15) is 0 Å². The summed E-state index contributed by atoms with van der Waals surface area (Å²) >= 11 is 0. The number of halogens is 1. The van der Waals surface area contributed by atoms with Crippen molar-refractivity contribution >= 4 is 5.97 Å². The number of carbonyl (C=O) groups is 1. The number of benzene rings is 1. The highest BCUT2D eigenvalue weighted by atomic mass is 19.1. The van der Waals surface area contributed by atoms with Gasteiger partial charge in [-0.3, -0.25) is 4.90 Å². The first-order valence-corrected chi connectivity index (χ1v) is 6.05. The molecule has 0 bridgehead atoms. The Kier molecular flexibility index (Phi) is 4.84. The van der Waals surface area contributed by atoms with Crippen molar-refractivity contribution in [3.8, 4) is 0 Å². The number of hydrogen-bond donors (Lipinski definition) is 1. The lowest BCUT2D eigenvalue weighted by atomic mass is 10.0. The highest BCUT2D eigenvalue weighted by Gasteiger charge is 2.16. The van der Waals surface area contributed by atoms with Crippen LogP contribution in [0.3, 0.4) is 0 Å². The topological polar surface area (TPSA) is 40.5 Å². The third-order valence-electron chi connectivity index (χ3n) is 3.37. The molecule has 3 nitrogen and oxygen atoms in total. The van der Waals surface area contributed by atoms with Gasteiger partial charge in [0.05, 0.1) is 5.56 Å². The lowest BCUT2D eigenvalue weighted by Crippen LogP contribution is -2.33. The van der Waals surface area contributed by atoms with Crippen LogP contribution in [0.1, 0.15) is 36.7 Å². The van der Waals surface area contributed by atoms with Crippen LogP contribution >= 0.6 is 0 Å². The van der Waals surface area contributed by atoms with E-state index in [-0.39, 0.29) is 11.4 Å². The highest BCUT2D eigenvalue weighted by Crippen LogP contribution is 2.16. The van der Waals surface area contributed by atoms with Gasteiger partial charge in [0, 0.05) is 18.2 Å². The SMILES string of the molecule is CC(C)C(C)N(C)Cc1cc(C(=O)O)ccc1F. The average molecular weight is 253 g/mol. The Hall–Kier alpha value is -1.42. The van der Waals surface area contributed by atoms with Gasteiger partial charge in [-0.05, 0) is 38.1 Å². The lowest BCUT2D eigenvalue weighted by Gasteiger charge is -2.28. The van der Waals surface area contributed by atoms with Gasteiger partial charge in [0.15, 0.2) is 0 Å². The lowest BCUT2D eigenvalue weighted by molar-refractivity contribution is 0.0696. The fraction of sp³-hybridized carbons (Fsp3) is 0.500. The molecule has 0 aliphatic rings. The van der Waals surface area contributed by atoms with E-state index < -0.39 is 5.97 Å². The van der Waals surface area contributed by atoms with E-state index in [4.69, 9.17) is 5.11 Å². The summed E-state index contributed by atoms with van der Waals surface area (Å²) in [5.41, 5.74) is 0.543. The number of nitrogens with zero attached hydrogens (tertiary/aromatic N) is 1. The second-order valence-corrected chi connectivity index (χ2v) is 5.01. The highest BCUT2D eigenvalue weighted by molar-refractivity contribution is 5.87. The fourth-order valence-corrected chi connectivity index (χ4v) is 1.75. The van der Waals surface area contributed by atoms with Crippen molar-refractivity contribution in [1.29, 1.82) is 0 Å². The largest absolute Gasteiger partial charge is 0.478 e. The number of hydrogen-bond acceptors (Lipinski definition) is 2. The summed E-state index contributed by atoms with van der Waals surface area (Å²) in [4.78, 5) is 12.9. The Morgan fingerprint density at radius 3 is 2.50 bits per heavy atom. The van der Waals surface area contributed by atoms with E-state index in [0.717, 1.165) is 0 Å². The van der Waals surface area contributed by atoms with Crippen LogP contribution in [0.4, 0.5) is 4.39 Å². The normalized spacial score (nSPS) is 13.1. The Morgan fingerprint density at radius 2 is 2.00 bits per heavy atom. The minimum Gasteiger partial charge on any atom is -0.478 e. The first-order valence-electron chi connectivity index (χ1n) is 6.05. The first-order chi connectivity index (χ1) is 8.32. The number of rotatable bonds is 5. The van der Waals surface area contributed by atoms with Crippen LogP contribution in [0, 0.1) is 11.7 Å². The number of carboxylic acids is 1. The summed E-state index contributed by atoms with van der Waals surface area (Å²) in [6, 6.07) is 4.21. The minimum atomic E-state index is -1.03. The molecule has 0 heterocycles. The Morgan fingerprint density at radius 1 is 1.39 bits per heavy atom. The first kappa shape index (κ1) is 14.6. The Bertz CT molecular complexity index is 432. The molecule has 1 rings (SSSR count). The molecule has 1 aromatic rings. The van der Waals surface area contributed by atoms with Crippen molar-refractivity contribution in [2.45, 2.75) is 33.4 Å². The summed E-state index contributed by atoms with van der Waals surface area (Å²) < 4.78 is 13.6. The van der Waals surface area contributed by atoms with Gasteiger partial charge in [0.2, 0.25) is 0 Å². The van der Waals surface area contributed by atoms with Crippen molar-refractivity contribution in [3.05, 3.63) is 35.1 Å². The van der Waals surface area contributed by atoms with E-state index >= 15 is 0 Å². The smallest absolute Gasteiger partial charge is 0.335 e. The summed E-state index contributed by atoms with van der Waals surface area (Å²) in [5, 5.41) is 8.90. The van der Waals surface area contributed by atoms with Gasteiger partial charge in [-0.1, -0.05) is 13.8 Å². The zero-order valence-electron chi connectivity index (χ0n) is 11.3. The molecule has 0 aromatic heterocycles. The van der Waals surface area contributed by atoms with E-state index in [1.54, 1.807) is 0 Å². The summed E-state index contributed by atoms with van der Waals surface area (Å²) in [7, 11) is 1.91. The van der Waals surface area contributed by atoms with E-state index in [1.807, 2.05) is 11.9 Å². The molecule has 1 unspecified atom stereocenters. The second kappa shape index (κ2) is 5.96. The molecule has 0 radical (unpaired) electrons. The van der Waals surface area contributed by atoms with Gasteiger partial charge in [0.1, 0.15) is 5.82 Å². The zero-order valence-corrected chi connectivity index (χ0v) is 11.3. The number of aromatic carboxylic acids is 1. The Labute approximate surface area is 107 Å². The second-order valence-electron chi connectivity index (χ2n) is 5.01. The van der Waals surface area contributed by atoms with Crippen molar-refractivity contribution < 1.29 is 14.3 Å². The standard InChI is InChI=1S/C14H20FNO2/c1-9(2)10(3)16(4)8-12-7-11(14(17)18)5-6-13(12)15/h5-7,9-10H,8H2,1-4H3,(H,17,18). The molecular formula is C14H20FNO2. The van der Waals surface area contributed by atoms with Crippen molar-refractivity contribution in [3.63, 3.8) is 0 Å². The van der Waals surface area contributed by atoms with Crippen molar-refractivity contribution in [2.75, 3.05) is 7.05 Å². The van der Waals surface area contributed by atoms with Crippen LogP contribution in [0.2, 0.25) is 0 Å². The summed E-state index contributed by atoms with van der Waals surface area (Å²) in [6.07, 6.45) is 0. The van der Waals surface area contributed by atoms with Crippen LogP contribution in [0.25, 0.3) is 0 Å². The van der Waals surface area contributed by atoms with Crippen molar-refractivity contribution in [1.82, 2.24) is 4.90 Å². The van der Waals surface area contributed by atoms with Crippen LogP contribution in [0.15, 0.2) is 18.2 Å². The molecular weight excluding hydrogens is 233 g/mol. The van der Waals surface area contributed by atoms with E-state index in [2.05, 4.69) is 20.8 Å². The molecule has 1 atom stereocenters. The van der Waals surface area contributed by atoms with E-state index in [0.29, 0.717) is 24.1 Å². The van der Waals surface area contributed by atoms with Crippen LogP contribution < -0.4 is 0 Å². The maximum Gasteiger partial charge on any atom is 0.335 e. The maximum absolute atomic E-state index is 13.6. The predicted octanol–water partition coefficient (Wildman–Crippen LogP) is 3.00. The van der Waals surface area contributed by atoms with Crippen molar-refractivity contribution in [2.24, 2.45) is 5.92 Å². The zero-order chi connectivity index (χ0) is 13.9. The molecule has 0 aliphatic carbocycles. The van der Waals surface area contributed by atoms with Gasteiger partial charge < -0.3 is 5.11 Å². The summed E-state index contributed by atoms with van der Waals surface area (Å²) in [6.45, 7) is 6.69. The third kappa shape index (κ3) is 3.53. The molecule has 0 amide bonds. The molecule has 0 saturated heterocycles.